The van der Waals surface area contributed by atoms with E-state index in [0.717, 1.165) is 19.0 Å². The summed E-state index contributed by atoms with van der Waals surface area (Å²) in [5.74, 6) is 0.982. The van der Waals surface area contributed by atoms with Gasteiger partial charge in [-0.1, -0.05) is 26.7 Å². The summed E-state index contributed by atoms with van der Waals surface area (Å²) in [7, 11) is 1.97. The summed E-state index contributed by atoms with van der Waals surface area (Å²) in [4.78, 5) is 2.34. The first-order valence-corrected chi connectivity index (χ1v) is 6.89. The van der Waals surface area contributed by atoms with Gasteiger partial charge in [0.2, 0.25) is 5.95 Å². The molecule has 0 bridgehead atoms. The van der Waals surface area contributed by atoms with Gasteiger partial charge in [-0.15, -0.1) is 5.10 Å². The lowest BCUT2D eigenvalue weighted by Gasteiger charge is -2.41. The van der Waals surface area contributed by atoms with E-state index in [1.54, 1.807) is 0 Å². The van der Waals surface area contributed by atoms with Crippen LogP contribution in [-0.4, -0.2) is 27.9 Å². The third-order valence-corrected chi connectivity index (χ3v) is 4.83. The predicted octanol–water partition coefficient (Wildman–Crippen LogP) is 2.88. The van der Waals surface area contributed by atoms with Gasteiger partial charge >= 0.3 is 0 Å². The highest BCUT2D eigenvalue weighted by Gasteiger charge is 2.32. The summed E-state index contributed by atoms with van der Waals surface area (Å²) in [6.07, 6.45) is 5.10. The molecule has 1 fully saturated rings. The van der Waals surface area contributed by atoms with Gasteiger partial charge in [0.1, 0.15) is 0 Å². The van der Waals surface area contributed by atoms with Gasteiger partial charge in [0, 0.05) is 20.1 Å². The smallest absolute Gasteiger partial charge is 0.225 e. The molecule has 0 saturated carbocycles. The Balaban J connectivity index is 2.09. The molecule has 5 heteroatoms. The second-order valence-electron chi connectivity index (χ2n) is 5.08. The molecular weight excluding hydrogens is 232 g/mol. The van der Waals surface area contributed by atoms with E-state index >= 15 is 0 Å². The highest BCUT2D eigenvalue weighted by molar-refractivity contribution is 7.71. The number of rotatable bonds is 3. The normalized spacial score (nSPS) is 19.6. The summed E-state index contributed by atoms with van der Waals surface area (Å²) < 4.78 is 2.66. The monoisotopic (exact) mass is 254 g/mol. The summed E-state index contributed by atoms with van der Waals surface area (Å²) in [5, 5.41) is 7.17. The Morgan fingerprint density at radius 3 is 2.29 bits per heavy atom. The van der Waals surface area contributed by atoms with E-state index in [9.17, 15) is 0 Å². The van der Waals surface area contributed by atoms with Crippen LogP contribution in [0.4, 0.5) is 5.95 Å². The topological polar surface area (TPSA) is 36.9 Å². The van der Waals surface area contributed by atoms with Crippen LogP contribution in [0.5, 0.6) is 0 Å². The van der Waals surface area contributed by atoms with Crippen molar-refractivity contribution in [3.8, 4) is 0 Å². The van der Waals surface area contributed by atoms with E-state index in [1.807, 2.05) is 11.6 Å². The van der Waals surface area contributed by atoms with Crippen LogP contribution in [0.15, 0.2) is 0 Å². The molecule has 2 rings (SSSR count). The maximum absolute atomic E-state index is 5.15. The Kier molecular flexibility index (Phi) is 3.56. The van der Waals surface area contributed by atoms with Crippen molar-refractivity contribution < 1.29 is 0 Å². The fourth-order valence-electron chi connectivity index (χ4n) is 2.76. The molecule has 1 aliphatic heterocycles. The molecular formula is C12H22N4S. The van der Waals surface area contributed by atoms with Crippen molar-refractivity contribution in [1.29, 1.82) is 0 Å². The van der Waals surface area contributed by atoms with E-state index in [-0.39, 0.29) is 0 Å². The minimum absolute atomic E-state index is 0.558. The molecule has 0 aromatic carbocycles. The average Bonchev–Trinajstić information content (AvgIpc) is 2.70. The fraction of sp³-hybridized carbons (Fsp3) is 0.833. The molecule has 0 unspecified atom stereocenters. The standard InChI is InChI=1S/C12H22N4S/c1-4-12(5-2)6-8-16(9-7-12)10-13-14-11(17)15(10)3/h4-9H2,1-3H3,(H,14,17). The van der Waals surface area contributed by atoms with Crippen molar-refractivity contribution in [2.24, 2.45) is 12.5 Å². The van der Waals surface area contributed by atoms with Crippen molar-refractivity contribution in [3.05, 3.63) is 4.77 Å². The van der Waals surface area contributed by atoms with E-state index in [0.29, 0.717) is 10.2 Å². The molecule has 1 aliphatic rings. The lowest BCUT2D eigenvalue weighted by atomic mass is 9.74. The molecule has 0 amide bonds. The maximum Gasteiger partial charge on any atom is 0.225 e. The number of aromatic nitrogens is 3. The summed E-state index contributed by atoms with van der Waals surface area (Å²) in [5.41, 5.74) is 0.558. The Morgan fingerprint density at radius 1 is 1.29 bits per heavy atom. The lowest BCUT2D eigenvalue weighted by Crippen LogP contribution is -2.40. The Morgan fingerprint density at radius 2 is 1.88 bits per heavy atom. The molecule has 1 aromatic heterocycles. The fourth-order valence-corrected chi connectivity index (χ4v) is 2.89. The van der Waals surface area contributed by atoms with Crippen molar-refractivity contribution >= 4 is 18.2 Å². The first kappa shape index (κ1) is 12.6. The molecule has 0 spiro atoms. The molecule has 17 heavy (non-hydrogen) atoms. The maximum atomic E-state index is 5.15. The predicted molar refractivity (Wildman–Crippen MR) is 72.9 cm³/mol. The third kappa shape index (κ3) is 2.25. The number of hydrogen-bond acceptors (Lipinski definition) is 3. The molecule has 0 radical (unpaired) electrons. The molecule has 96 valence electrons. The van der Waals surface area contributed by atoms with Crippen LogP contribution in [0.25, 0.3) is 0 Å². The summed E-state index contributed by atoms with van der Waals surface area (Å²) >= 11 is 5.15. The number of piperidine rings is 1. The molecule has 1 saturated heterocycles. The second kappa shape index (κ2) is 4.80. The second-order valence-corrected chi connectivity index (χ2v) is 5.47. The zero-order valence-corrected chi connectivity index (χ0v) is 11.8. The van der Waals surface area contributed by atoms with E-state index in [4.69, 9.17) is 12.2 Å². The van der Waals surface area contributed by atoms with Gasteiger partial charge in [0.15, 0.2) is 4.77 Å². The third-order valence-electron chi connectivity index (χ3n) is 4.46. The molecule has 1 N–H and O–H groups in total. The largest absolute Gasteiger partial charge is 0.341 e. The molecule has 2 heterocycles. The van der Waals surface area contributed by atoms with Crippen LogP contribution in [0.2, 0.25) is 0 Å². The van der Waals surface area contributed by atoms with E-state index in [1.165, 1.54) is 25.7 Å². The van der Waals surface area contributed by atoms with Crippen molar-refractivity contribution in [2.45, 2.75) is 39.5 Å². The number of hydrogen-bond donors (Lipinski definition) is 1. The van der Waals surface area contributed by atoms with Crippen LogP contribution in [-0.2, 0) is 7.05 Å². The quantitative estimate of drug-likeness (QED) is 0.843. The van der Waals surface area contributed by atoms with Gasteiger partial charge in [-0.25, -0.2) is 5.10 Å². The molecule has 0 atom stereocenters. The number of nitrogens with zero attached hydrogens (tertiary/aromatic N) is 3. The van der Waals surface area contributed by atoms with Crippen molar-refractivity contribution in [3.63, 3.8) is 0 Å². The minimum Gasteiger partial charge on any atom is -0.341 e. The molecule has 4 nitrogen and oxygen atoms in total. The number of H-pyrrole nitrogens is 1. The van der Waals surface area contributed by atoms with Gasteiger partial charge in [0.25, 0.3) is 0 Å². The van der Waals surface area contributed by atoms with Gasteiger partial charge in [-0.3, -0.25) is 4.57 Å². The van der Waals surface area contributed by atoms with Gasteiger partial charge < -0.3 is 4.90 Å². The SMILES string of the molecule is CCC1(CC)CCN(c2n[nH]c(=S)n2C)CC1. The first-order valence-electron chi connectivity index (χ1n) is 6.48. The number of anilines is 1. The summed E-state index contributed by atoms with van der Waals surface area (Å²) in [6.45, 7) is 6.81. The first-order chi connectivity index (χ1) is 8.12. The minimum atomic E-state index is 0.558. The van der Waals surface area contributed by atoms with Gasteiger partial charge in [-0.05, 0) is 30.5 Å². The van der Waals surface area contributed by atoms with Gasteiger partial charge in [0.05, 0.1) is 0 Å². The Bertz CT molecular complexity index is 420. The zero-order chi connectivity index (χ0) is 12.5. The lowest BCUT2D eigenvalue weighted by molar-refractivity contribution is 0.198. The Labute approximate surface area is 108 Å². The average molecular weight is 254 g/mol. The number of aromatic amines is 1. The van der Waals surface area contributed by atoms with Crippen LogP contribution < -0.4 is 4.90 Å². The summed E-state index contributed by atoms with van der Waals surface area (Å²) in [6, 6.07) is 0. The van der Waals surface area contributed by atoms with Crippen LogP contribution >= 0.6 is 12.2 Å². The van der Waals surface area contributed by atoms with Gasteiger partial charge in [-0.2, -0.15) is 0 Å². The van der Waals surface area contributed by atoms with Crippen molar-refractivity contribution in [2.75, 3.05) is 18.0 Å². The van der Waals surface area contributed by atoms with Crippen molar-refractivity contribution in [1.82, 2.24) is 14.8 Å². The van der Waals surface area contributed by atoms with E-state index in [2.05, 4.69) is 28.9 Å². The van der Waals surface area contributed by atoms with Crippen LogP contribution in [0, 0.1) is 10.2 Å². The van der Waals surface area contributed by atoms with Crippen LogP contribution in [0.3, 0.4) is 0 Å². The molecule has 0 aliphatic carbocycles. The number of nitrogens with one attached hydrogen (secondary N) is 1. The highest BCUT2D eigenvalue weighted by atomic mass is 32.1. The van der Waals surface area contributed by atoms with Crippen LogP contribution in [0.1, 0.15) is 39.5 Å². The highest BCUT2D eigenvalue weighted by Crippen LogP contribution is 2.38. The van der Waals surface area contributed by atoms with E-state index < -0.39 is 0 Å². The Hall–Kier alpha value is -0.840. The molecule has 1 aromatic rings. The zero-order valence-electron chi connectivity index (χ0n) is 11.0.